The summed E-state index contributed by atoms with van der Waals surface area (Å²) in [5, 5.41) is 2.94. The molecule has 0 N–H and O–H groups in total. The van der Waals surface area contributed by atoms with Crippen LogP contribution in [0.1, 0.15) is 0 Å². The van der Waals surface area contributed by atoms with Crippen molar-refractivity contribution in [2.24, 2.45) is 0 Å². The first kappa shape index (κ1) is 4.05. The fourth-order valence-corrected chi connectivity index (χ4v) is 0.288. The first-order valence-corrected chi connectivity index (χ1v) is 1.68. The standard InChI is InChI=1S/C4HNO2/c6-3-1-2-4(7)5-3/h1H. The summed E-state index contributed by atoms with van der Waals surface area (Å²) in [5.74, 6) is -1.09. The molecule has 0 saturated carbocycles. The molecule has 3 heteroatoms. The van der Waals surface area contributed by atoms with Crippen molar-refractivity contribution in [1.82, 2.24) is 5.32 Å². The largest absolute Gasteiger partial charge is 0.281 e. The molecule has 0 saturated heterocycles. The van der Waals surface area contributed by atoms with E-state index < -0.39 is 11.8 Å². The summed E-state index contributed by atoms with van der Waals surface area (Å²) >= 11 is 0. The molecule has 0 aliphatic carbocycles. The highest BCUT2D eigenvalue weighted by Crippen LogP contribution is 1.84. The van der Waals surface area contributed by atoms with Gasteiger partial charge >= 0.3 is 0 Å². The Morgan fingerprint density at radius 1 is 1.57 bits per heavy atom. The van der Waals surface area contributed by atoms with Crippen LogP contribution in [0.4, 0.5) is 0 Å². The van der Waals surface area contributed by atoms with E-state index in [1.807, 2.05) is 0 Å². The van der Waals surface area contributed by atoms with Gasteiger partial charge in [-0.15, -0.1) is 0 Å². The van der Waals surface area contributed by atoms with Crippen LogP contribution in [0.3, 0.4) is 0 Å². The van der Waals surface area contributed by atoms with Crippen LogP contribution in [-0.2, 0) is 9.59 Å². The third kappa shape index (κ3) is 0.652. The lowest BCUT2D eigenvalue weighted by molar-refractivity contribution is -0.124. The number of hydrogen-bond acceptors (Lipinski definition) is 2. The minimum absolute atomic E-state index is 0.509. The number of imide groups is 1. The molecule has 2 amide bonds. The number of rotatable bonds is 0. The summed E-state index contributed by atoms with van der Waals surface area (Å²) in [4.78, 5) is 19.9. The van der Waals surface area contributed by atoms with Gasteiger partial charge in [0.15, 0.2) is 0 Å². The van der Waals surface area contributed by atoms with Crippen molar-refractivity contribution in [1.29, 1.82) is 0 Å². The van der Waals surface area contributed by atoms with Gasteiger partial charge in [-0.25, -0.2) is 0 Å². The monoisotopic (exact) mass is 95.0 g/mol. The summed E-state index contributed by atoms with van der Waals surface area (Å²) in [6.45, 7) is 0. The average Bonchev–Trinajstić information content (AvgIpc) is 1.87. The molecule has 1 rings (SSSR count). The summed E-state index contributed by atoms with van der Waals surface area (Å²) in [5.41, 5.74) is 0. The predicted octanol–water partition coefficient (Wildman–Crippen LogP) is -0.983. The van der Waals surface area contributed by atoms with E-state index in [4.69, 9.17) is 0 Å². The van der Waals surface area contributed by atoms with E-state index in [1.165, 1.54) is 0 Å². The van der Waals surface area contributed by atoms with Gasteiger partial charge in [0.25, 0.3) is 11.8 Å². The molecule has 0 bridgehead atoms. The van der Waals surface area contributed by atoms with Crippen LogP contribution in [0.5, 0.6) is 0 Å². The van der Waals surface area contributed by atoms with Crippen molar-refractivity contribution in [3.05, 3.63) is 12.2 Å². The zero-order valence-corrected chi connectivity index (χ0v) is 3.34. The maximum Gasteiger partial charge on any atom is 0.281 e. The van der Waals surface area contributed by atoms with Gasteiger partial charge in [-0.05, 0) is 0 Å². The Bertz CT molecular complexity index is 132. The third-order valence-corrected chi connectivity index (χ3v) is 0.531. The molecule has 34 valence electrons. The Kier molecular flexibility index (Phi) is 0.685. The molecule has 3 nitrogen and oxygen atoms in total. The van der Waals surface area contributed by atoms with Crippen molar-refractivity contribution in [2.75, 3.05) is 0 Å². The Morgan fingerprint density at radius 3 is 2.43 bits per heavy atom. The van der Waals surface area contributed by atoms with Crippen LogP contribution >= 0.6 is 0 Å². The van der Waals surface area contributed by atoms with Crippen LogP contribution in [0, 0.1) is 6.08 Å². The molecule has 7 heavy (non-hydrogen) atoms. The van der Waals surface area contributed by atoms with Crippen molar-refractivity contribution < 1.29 is 9.59 Å². The molecule has 0 aromatic rings. The molecule has 0 fully saturated rings. The quantitative estimate of drug-likeness (QED) is 0.363. The first-order valence-electron chi connectivity index (χ1n) is 1.68. The third-order valence-electron chi connectivity index (χ3n) is 0.531. The van der Waals surface area contributed by atoms with Crippen molar-refractivity contribution in [3.8, 4) is 0 Å². The van der Waals surface area contributed by atoms with Crippen LogP contribution < -0.4 is 5.32 Å². The normalized spacial score (nSPS) is 17.7. The van der Waals surface area contributed by atoms with Gasteiger partial charge in [-0.3, -0.25) is 9.59 Å². The van der Waals surface area contributed by atoms with E-state index in [0.717, 1.165) is 6.08 Å². The molecule has 0 atom stereocenters. The maximum atomic E-state index is 9.95. The highest BCUT2D eigenvalue weighted by Gasteiger charge is 2.11. The summed E-state index contributed by atoms with van der Waals surface area (Å²) < 4.78 is 0. The molecule has 1 heterocycles. The van der Waals surface area contributed by atoms with Crippen LogP contribution in [0.2, 0.25) is 0 Å². The summed E-state index contributed by atoms with van der Waals surface area (Å²) in [6.07, 6.45) is 3.11. The van der Waals surface area contributed by atoms with E-state index in [-0.39, 0.29) is 0 Å². The van der Waals surface area contributed by atoms with E-state index in [0.29, 0.717) is 0 Å². The van der Waals surface area contributed by atoms with Gasteiger partial charge in [0, 0.05) is 6.08 Å². The molecule has 1 aliphatic heterocycles. The molecule has 1 aliphatic rings. The average molecular weight is 95.1 g/mol. The van der Waals surface area contributed by atoms with Crippen LogP contribution in [-0.4, -0.2) is 11.8 Å². The number of amides is 2. The van der Waals surface area contributed by atoms with E-state index in [1.54, 1.807) is 0 Å². The second-order valence-corrected chi connectivity index (χ2v) is 1.04. The lowest BCUT2D eigenvalue weighted by Gasteiger charge is -1.74. The predicted molar refractivity (Wildman–Crippen MR) is 20.0 cm³/mol. The lowest BCUT2D eigenvalue weighted by Crippen LogP contribution is -2.11. The van der Waals surface area contributed by atoms with Gasteiger partial charge < -0.3 is 0 Å². The zero-order valence-electron chi connectivity index (χ0n) is 3.34. The highest BCUT2D eigenvalue weighted by molar-refractivity contribution is 6.10. The second kappa shape index (κ2) is 1.18. The van der Waals surface area contributed by atoms with Crippen molar-refractivity contribution >= 4 is 11.8 Å². The molecular formula is C4HNO2. The Morgan fingerprint density at radius 2 is 2.29 bits per heavy atom. The SMILES string of the molecule is O=C1[C]=CC(=O)[N]1. The molecule has 2 radical (unpaired) electrons. The van der Waals surface area contributed by atoms with E-state index in [9.17, 15) is 9.59 Å². The number of carbonyl (C=O) groups excluding carboxylic acids is 2. The number of hydrogen-bond donors (Lipinski definition) is 0. The van der Waals surface area contributed by atoms with Crippen LogP contribution in [0.15, 0.2) is 6.08 Å². The molecule has 0 unspecified atom stereocenters. The van der Waals surface area contributed by atoms with Gasteiger partial charge in [-0.2, -0.15) is 5.32 Å². The fraction of sp³-hybridized carbons (Fsp3) is 0. The Labute approximate surface area is 40.0 Å². The second-order valence-electron chi connectivity index (χ2n) is 1.04. The van der Waals surface area contributed by atoms with Crippen LogP contribution in [0.25, 0.3) is 0 Å². The van der Waals surface area contributed by atoms with Crippen molar-refractivity contribution in [2.45, 2.75) is 0 Å². The molecule has 0 aromatic heterocycles. The molecular weight excluding hydrogens is 94.0 g/mol. The zero-order chi connectivity index (χ0) is 5.28. The smallest absolute Gasteiger partial charge is 0.267 e. The van der Waals surface area contributed by atoms with Gasteiger partial charge in [0.1, 0.15) is 0 Å². The lowest BCUT2D eigenvalue weighted by atomic mass is 10.6. The molecule has 0 aromatic carbocycles. The first-order chi connectivity index (χ1) is 3.29. The maximum absolute atomic E-state index is 9.95. The molecule has 0 spiro atoms. The van der Waals surface area contributed by atoms with E-state index in [2.05, 4.69) is 11.4 Å². The topological polar surface area (TPSA) is 48.2 Å². The summed E-state index contributed by atoms with van der Waals surface area (Å²) in [7, 11) is 0. The minimum Gasteiger partial charge on any atom is -0.267 e. The van der Waals surface area contributed by atoms with Gasteiger partial charge in [0.2, 0.25) is 0 Å². The van der Waals surface area contributed by atoms with E-state index >= 15 is 0 Å². The van der Waals surface area contributed by atoms with Gasteiger partial charge in [0.05, 0.1) is 6.08 Å². The Balaban J connectivity index is 2.76. The number of carbonyl (C=O) groups is 2. The Hall–Kier alpha value is -1.12. The minimum atomic E-state index is -0.579. The van der Waals surface area contributed by atoms with Crippen molar-refractivity contribution in [3.63, 3.8) is 0 Å². The summed E-state index contributed by atoms with van der Waals surface area (Å²) in [6, 6.07) is 0. The number of nitrogens with zero attached hydrogens (tertiary/aromatic N) is 1. The fourth-order valence-electron chi connectivity index (χ4n) is 0.288. The highest BCUT2D eigenvalue weighted by atomic mass is 16.2. The van der Waals surface area contributed by atoms with Gasteiger partial charge in [-0.1, -0.05) is 0 Å².